The molecule has 8 nitrogen and oxygen atoms in total. The Morgan fingerprint density at radius 1 is 0.905 bits per heavy atom. The maximum absolute atomic E-state index is 10.4. The normalized spacial score (nSPS) is 29.0. The molecule has 2 rings (SSSR count). The summed E-state index contributed by atoms with van der Waals surface area (Å²) < 4.78 is 0. The van der Waals surface area contributed by atoms with Crippen molar-refractivity contribution in [1.29, 1.82) is 0 Å². The van der Waals surface area contributed by atoms with Crippen molar-refractivity contribution >= 4 is 11.9 Å². The summed E-state index contributed by atoms with van der Waals surface area (Å²) in [7, 11) is 0. The van der Waals surface area contributed by atoms with E-state index < -0.39 is 23.0 Å². The van der Waals surface area contributed by atoms with Crippen molar-refractivity contribution in [3.63, 3.8) is 0 Å². The number of hydrogen-bond donors (Lipinski definition) is 0. The van der Waals surface area contributed by atoms with Crippen molar-refractivity contribution in [1.82, 2.24) is 0 Å². The smallest absolute Gasteiger partial charge is 0.547 e. The van der Waals surface area contributed by atoms with Crippen LogP contribution in [0.3, 0.4) is 0 Å². The van der Waals surface area contributed by atoms with E-state index in [1.165, 1.54) is 26.0 Å². The van der Waals surface area contributed by atoms with Crippen molar-refractivity contribution < 1.29 is 41.5 Å². The van der Waals surface area contributed by atoms with Gasteiger partial charge in [-0.15, -0.1) is 0 Å². The SMILES string of the molecule is CC1=CC(C)(C(=O)[O-])N=N1.CC1=CC(C)(C(=O)[O-])N=N1.[Ti+2]. The van der Waals surface area contributed by atoms with Crippen molar-refractivity contribution in [3.8, 4) is 0 Å². The molecule has 9 heteroatoms. The van der Waals surface area contributed by atoms with E-state index in [0.717, 1.165) is 0 Å². The monoisotopic (exact) mass is 326 g/mol. The topological polar surface area (TPSA) is 130 Å². The maximum atomic E-state index is 10.4. The summed E-state index contributed by atoms with van der Waals surface area (Å²) in [6, 6.07) is 0. The standard InChI is InChI=1S/2C6H8N2O2.Ti/c2*1-4-3-6(2,5(9)10)8-7-4;/h2*3H,1-2H3,(H,9,10);/q;;+2/p-2. The van der Waals surface area contributed by atoms with E-state index in [2.05, 4.69) is 20.5 Å². The number of carbonyl (C=O) groups is 2. The van der Waals surface area contributed by atoms with Crippen LogP contribution in [0.25, 0.3) is 0 Å². The van der Waals surface area contributed by atoms with Crippen LogP contribution in [-0.2, 0) is 31.3 Å². The Balaban J connectivity index is 0.000000364. The zero-order valence-electron chi connectivity index (χ0n) is 12.1. The van der Waals surface area contributed by atoms with Gasteiger partial charge in [-0.05, 0) is 39.8 Å². The first-order chi connectivity index (χ1) is 9.09. The van der Waals surface area contributed by atoms with Gasteiger partial charge in [-0.1, -0.05) is 0 Å². The van der Waals surface area contributed by atoms with Crippen LogP contribution in [0.15, 0.2) is 44.0 Å². The molecule has 0 spiro atoms. The minimum absolute atomic E-state index is 0. The number of nitrogens with zero attached hydrogens (tertiary/aromatic N) is 4. The summed E-state index contributed by atoms with van der Waals surface area (Å²) in [6.07, 6.45) is 2.92. The second-order valence-corrected chi connectivity index (χ2v) is 4.84. The number of rotatable bonds is 2. The molecule has 0 amide bonds. The Bertz CT molecular complexity index is 520. The van der Waals surface area contributed by atoms with E-state index in [9.17, 15) is 19.8 Å². The predicted octanol–water partition coefficient (Wildman–Crippen LogP) is -0.273. The van der Waals surface area contributed by atoms with E-state index in [1.54, 1.807) is 13.8 Å². The van der Waals surface area contributed by atoms with Gasteiger partial charge in [-0.2, -0.15) is 20.5 Å². The van der Waals surface area contributed by atoms with Crippen LogP contribution in [0, 0.1) is 0 Å². The van der Waals surface area contributed by atoms with Gasteiger partial charge in [0.1, 0.15) is 11.1 Å². The molecule has 0 fully saturated rings. The molecule has 0 saturated heterocycles. The van der Waals surface area contributed by atoms with E-state index in [1.807, 2.05) is 0 Å². The summed E-state index contributed by atoms with van der Waals surface area (Å²) in [5.74, 6) is -2.43. The summed E-state index contributed by atoms with van der Waals surface area (Å²) in [6.45, 7) is 6.28. The van der Waals surface area contributed by atoms with Gasteiger partial charge < -0.3 is 19.8 Å². The second kappa shape index (κ2) is 6.86. The third kappa shape index (κ3) is 4.68. The number of allylic oxidation sites excluding steroid dienone is 2. The molecule has 2 heterocycles. The van der Waals surface area contributed by atoms with Crippen LogP contribution in [0.2, 0.25) is 0 Å². The number of carboxylic acid groups (broad SMARTS) is 2. The van der Waals surface area contributed by atoms with Crippen LogP contribution in [0.5, 0.6) is 0 Å². The van der Waals surface area contributed by atoms with Crippen LogP contribution in [-0.4, -0.2) is 23.0 Å². The Kier molecular flexibility index (Phi) is 6.32. The summed E-state index contributed by atoms with van der Waals surface area (Å²) in [4.78, 5) is 20.7. The fraction of sp³-hybridized carbons (Fsp3) is 0.500. The van der Waals surface area contributed by atoms with E-state index >= 15 is 0 Å². The fourth-order valence-electron chi connectivity index (χ4n) is 1.49. The molecule has 21 heavy (non-hydrogen) atoms. The maximum Gasteiger partial charge on any atom is 2.00 e. The van der Waals surface area contributed by atoms with E-state index in [4.69, 9.17) is 0 Å². The zero-order valence-corrected chi connectivity index (χ0v) is 13.6. The Labute approximate surface area is 136 Å². The Hall–Kier alpha value is -1.67. The molecule has 110 valence electrons. The van der Waals surface area contributed by atoms with Crippen LogP contribution in [0.4, 0.5) is 0 Å². The Morgan fingerprint density at radius 2 is 1.19 bits per heavy atom. The predicted molar refractivity (Wildman–Crippen MR) is 64.1 cm³/mol. The van der Waals surface area contributed by atoms with Crippen LogP contribution in [0.1, 0.15) is 27.7 Å². The molecular formula is C12H14N4O4Ti. The number of aliphatic carboxylic acids is 2. The van der Waals surface area contributed by atoms with Gasteiger partial charge in [0.05, 0.1) is 23.3 Å². The van der Waals surface area contributed by atoms with Crippen molar-refractivity contribution in [2.24, 2.45) is 20.5 Å². The first kappa shape index (κ1) is 19.3. The first-order valence-corrected chi connectivity index (χ1v) is 5.77. The molecular weight excluding hydrogens is 312 g/mol. The summed E-state index contributed by atoms with van der Waals surface area (Å²) in [5, 5.41) is 34.9. The molecule has 2 atom stereocenters. The van der Waals surface area contributed by atoms with Gasteiger partial charge in [0.2, 0.25) is 0 Å². The minimum atomic E-state index is -1.23. The number of hydrogen-bond acceptors (Lipinski definition) is 8. The average molecular weight is 326 g/mol. The van der Waals surface area contributed by atoms with Gasteiger partial charge in [-0.3, -0.25) is 0 Å². The van der Waals surface area contributed by atoms with Crippen molar-refractivity contribution in [2.45, 2.75) is 38.8 Å². The largest absolute Gasteiger partial charge is 2.00 e. The van der Waals surface area contributed by atoms with E-state index in [0.29, 0.717) is 11.4 Å². The summed E-state index contributed by atoms with van der Waals surface area (Å²) in [5.41, 5.74) is -1.23. The van der Waals surface area contributed by atoms with Crippen LogP contribution >= 0.6 is 0 Å². The van der Waals surface area contributed by atoms with E-state index in [-0.39, 0.29) is 21.7 Å². The zero-order chi connectivity index (χ0) is 15.6. The molecule has 0 radical (unpaired) electrons. The molecule has 0 bridgehead atoms. The molecule has 0 aromatic rings. The molecule has 2 unspecified atom stereocenters. The van der Waals surface area contributed by atoms with Crippen molar-refractivity contribution in [3.05, 3.63) is 23.5 Å². The summed E-state index contributed by atoms with van der Waals surface area (Å²) >= 11 is 0. The second-order valence-electron chi connectivity index (χ2n) is 4.84. The molecule has 0 aromatic heterocycles. The number of azo groups is 2. The minimum Gasteiger partial charge on any atom is -0.547 e. The molecule has 0 aliphatic carbocycles. The third-order valence-electron chi connectivity index (χ3n) is 2.64. The van der Waals surface area contributed by atoms with Gasteiger partial charge in [0.25, 0.3) is 0 Å². The Morgan fingerprint density at radius 3 is 1.29 bits per heavy atom. The number of carbonyl (C=O) groups excluding carboxylic acids is 2. The third-order valence-corrected chi connectivity index (χ3v) is 2.64. The molecule has 2 aliphatic heterocycles. The molecule has 0 aromatic carbocycles. The average Bonchev–Trinajstić information content (AvgIpc) is 2.85. The quantitative estimate of drug-likeness (QED) is 0.646. The van der Waals surface area contributed by atoms with Gasteiger partial charge in [-0.25, -0.2) is 0 Å². The van der Waals surface area contributed by atoms with Crippen LogP contribution < -0.4 is 10.2 Å². The van der Waals surface area contributed by atoms with Gasteiger partial charge in [0, 0.05) is 0 Å². The van der Waals surface area contributed by atoms with Gasteiger partial charge in [0.15, 0.2) is 0 Å². The first-order valence-electron chi connectivity index (χ1n) is 5.77. The molecule has 0 N–H and O–H groups in total. The fourth-order valence-corrected chi connectivity index (χ4v) is 1.49. The molecule has 2 aliphatic rings. The molecule has 0 saturated carbocycles. The van der Waals surface area contributed by atoms with Crippen molar-refractivity contribution in [2.75, 3.05) is 0 Å². The number of carboxylic acids is 2. The van der Waals surface area contributed by atoms with Gasteiger partial charge >= 0.3 is 21.7 Å².